The minimum atomic E-state index is 0.841. The number of hydrogen-bond donors (Lipinski definition) is 0. The molecule has 0 spiro atoms. The topological polar surface area (TPSA) is 13.1 Å². The van der Waals surface area contributed by atoms with Crippen LogP contribution >= 0.6 is 11.6 Å². The van der Waals surface area contributed by atoms with Gasteiger partial charge in [0.15, 0.2) is 0 Å². The molecule has 0 saturated heterocycles. The van der Waals surface area contributed by atoms with Gasteiger partial charge in [0.25, 0.3) is 0 Å². The van der Waals surface area contributed by atoms with Crippen LogP contribution in [0.5, 0.6) is 0 Å². The first-order chi connectivity index (χ1) is 6.09. The lowest BCUT2D eigenvalue weighted by Gasteiger charge is -2.02. The highest BCUT2D eigenvalue weighted by atomic mass is 35.5. The fourth-order valence-corrected chi connectivity index (χ4v) is 1.76. The molecule has 0 saturated carbocycles. The summed E-state index contributed by atoms with van der Waals surface area (Å²) in [6, 6.07) is 4.01. The van der Waals surface area contributed by atoms with Crippen LogP contribution in [0.4, 0.5) is 0 Å². The molecular weight excluding hydrogens is 184 g/mol. The Morgan fingerprint density at radius 2 is 1.85 bits per heavy atom. The molecule has 0 amide bonds. The van der Waals surface area contributed by atoms with Crippen molar-refractivity contribution >= 4 is 22.6 Å². The van der Waals surface area contributed by atoms with E-state index in [1.165, 1.54) is 0 Å². The summed E-state index contributed by atoms with van der Waals surface area (Å²) in [6.07, 6.45) is 0. The van der Waals surface area contributed by atoms with Gasteiger partial charge in [-0.05, 0) is 44.0 Å². The first-order valence-corrected chi connectivity index (χ1v) is 4.63. The van der Waals surface area contributed by atoms with Gasteiger partial charge in [0.2, 0.25) is 0 Å². The highest BCUT2D eigenvalue weighted by Gasteiger charge is 2.08. The van der Waals surface area contributed by atoms with E-state index in [0.717, 1.165) is 32.9 Å². The first kappa shape index (κ1) is 8.64. The summed E-state index contributed by atoms with van der Waals surface area (Å²) in [4.78, 5) is 0. The van der Waals surface area contributed by atoms with Crippen molar-refractivity contribution in [1.82, 2.24) is 0 Å². The van der Waals surface area contributed by atoms with Gasteiger partial charge >= 0.3 is 0 Å². The normalized spacial score (nSPS) is 11.1. The van der Waals surface area contributed by atoms with Crippen LogP contribution < -0.4 is 0 Å². The summed E-state index contributed by atoms with van der Waals surface area (Å²) in [7, 11) is 0. The zero-order valence-electron chi connectivity index (χ0n) is 7.94. The first-order valence-electron chi connectivity index (χ1n) is 4.25. The van der Waals surface area contributed by atoms with Gasteiger partial charge in [-0.2, -0.15) is 0 Å². The molecule has 0 aliphatic heterocycles. The van der Waals surface area contributed by atoms with Crippen LogP contribution in [0.2, 0.25) is 5.02 Å². The van der Waals surface area contributed by atoms with E-state index >= 15 is 0 Å². The minimum Gasteiger partial charge on any atom is -0.461 e. The Balaban J connectivity index is 2.92. The van der Waals surface area contributed by atoms with Crippen LogP contribution in [-0.4, -0.2) is 0 Å². The average molecular weight is 195 g/mol. The average Bonchev–Trinajstić information content (AvgIpc) is 2.42. The van der Waals surface area contributed by atoms with Gasteiger partial charge < -0.3 is 4.42 Å². The Hall–Kier alpha value is -0.950. The monoisotopic (exact) mass is 194 g/mol. The van der Waals surface area contributed by atoms with E-state index in [0.29, 0.717) is 0 Å². The lowest BCUT2D eigenvalue weighted by Crippen LogP contribution is -1.81. The van der Waals surface area contributed by atoms with Gasteiger partial charge in [-0.25, -0.2) is 0 Å². The summed E-state index contributed by atoms with van der Waals surface area (Å²) in [5.74, 6) is 0.930. The van der Waals surface area contributed by atoms with Gasteiger partial charge in [0.05, 0.1) is 0 Å². The highest BCUT2D eigenvalue weighted by Crippen LogP contribution is 2.30. The van der Waals surface area contributed by atoms with Gasteiger partial charge in [-0.15, -0.1) is 0 Å². The molecule has 0 unspecified atom stereocenters. The molecule has 2 rings (SSSR count). The zero-order valence-corrected chi connectivity index (χ0v) is 8.70. The van der Waals surface area contributed by atoms with Crippen molar-refractivity contribution in [2.24, 2.45) is 0 Å². The number of hydrogen-bond acceptors (Lipinski definition) is 1. The van der Waals surface area contributed by atoms with E-state index in [4.69, 9.17) is 16.0 Å². The quantitative estimate of drug-likeness (QED) is 0.618. The molecule has 13 heavy (non-hydrogen) atoms. The Kier molecular flexibility index (Phi) is 1.85. The summed E-state index contributed by atoms with van der Waals surface area (Å²) in [5, 5.41) is 1.96. The molecule has 0 aliphatic carbocycles. The van der Waals surface area contributed by atoms with Crippen LogP contribution in [0.3, 0.4) is 0 Å². The molecule has 1 aromatic carbocycles. The van der Waals surface area contributed by atoms with Gasteiger partial charge in [-0.3, -0.25) is 0 Å². The maximum atomic E-state index is 6.12. The van der Waals surface area contributed by atoms with Crippen molar-refractivity contribution in [3.63, 3.8) is 0 Å². The number of benzene rings is 1. The highest BCUT2D eigenvalue weighted by molar-refractivity contribution is 6.33. The van der Waals surface area contributed by atoms with Crippen LogP contribution in [-0.2, 0) is 0 Å². The third-order valence-electron chi connectivity index (χ3n) is 2.31. The molecule has 0 bridgehead atoms. The van der Waals surface area contributed by atoms with Crippen molar-refractivity contribution in [3.8, 4) is 0 Å². The molecule has 1 aromatic heterocycles. The summed E-state index contributed by atoms with van der Waals surface area (Å²) in [6.45, 7) is 5.96. The molecule has 2 aromatic rings. The van der Waals surface area contributed by atoms with Crippen LogP contribution in [0.15, 0.2) is 16.5 Å². The van der Waals surface area contributed by atoms with E-state index in [1.54, 1.807) is 0 Å². The number of fused-ring (bicyclic) bond motifs is 1. The van der Waals surface area contributed by atoms with Crippen molar-refractivity contribution in [2.45, 2.75) is 20.8 Å². The molecule has 1 nitrogen and oxygen atoms in total. The fourth-order valence-electron chi connectivity index (χ4n) is 1.61. The maximum absolute atomic E-state index is 6.12. The molecule has 0 atom stereocenters. The molecule has 2 heteroatoms. The number of halogens is 1. The molecular formula is C11H11ClO. The van der Waals surface area contributed by atoms with E-state index < -0.39 is 0 Å². The molecule has 0 N–H and O–H groups in total. The lowest BCUT2D eigenvalue weighted by molar-refractivity contribution is 0.578. The Bertz CT molecular complexity index is 468. The van der Waals surface area contributed by atoms with Crippen molar-refractivity contribution in [2.75, 3.05) is 0 Å². The Labute approximate surface area is 82.3 Å². The molecule has 0 fully saturated rings. The second-order valence-electron chi connectivity index (χ2n) is 3.40. The van der Waals surface area contributed by atoms with Gasteiger partial charge in [0.1, 0.15) is 11.3 Å². The minimum absolute atomic E-state index is 0.841. The second-order valence-corrected chi connectivity index (χ2v) is 3.78. The molecule has 1 heterocycles. The fraction of sp³-hybridized carbons (Fsp3) is 0.273. The molecule has 0 radical (unpaired) electrons. The van der Waals surface area contributed by atoms with Crippen molar-refractivity contribution < 1.29 is 4.42 Å². The van der Waals surface area contributed by atoms with Crippen molar-refractivity contribution in [3.05, 3.63) is 34.0 Å². The summed E-state index contributed by atoms with van der Waals surface area (Å²) in [5.41, 5.74) is 3.10. The SMILES string of the molecule is Cc1cc2c(C)c(Cl)c(C)cc2o1. The maximum Gasteiger partial charge on any atom is 0.134 e. The third kappa shape index (κ3) is 1.24. The van der Waals surface area contributed by atoms with E-state index in [2.05, 4.69) is 0 Å². The van der Waals surface area contributed by atoms with Crippen LogP contribution in [0.1, 0.15) is 16.9 Å². The van der Waals surface area contributed by atoms with Crippen LogP contribution in [0, 0.1) is 20.8 Å². The zero-order chi connectivity index (χ0) is 9.59. The van der Waals surface area contributed by atoms with Crippen molar-refractivity contribution in [1.29, 1.82) is 0 Å². The largest absolute Gasteiger partial charge is 0.461 e. The predicted octanol–water partition coefficient (Wildman–Crippen LogP) is 4.01. The number of furan rings is 1. The summed E-state index contributed by atoms with van der Waals surface area (Å²) < 4.78 is 5.53. The Morgan fingerprint density at radius 3 is 2.54 bits per heavy atom. The molecule has 0 aliphatic rings. The van der Waals surface area contributed by atoms with Crippen LogP contribution in [0.25, 0.3) is 11.0 Å². The van der Waals surface area contributed by atoms with E-state index in [9.17, 15) is 0 Å². The number of rotatable bonds is 0. The third-order valence-corrected chi connectivity index (χ3v) is 2.89. The van der Waals surface area contributed by atoms with Gasteiger partial charge in [0, 0.05) is 10.4 Å². The summed E-state index contributed by atoms with van der Waals surface area (Å²) >= 11 is 6.12. The molecule has 68 valence electrons. The van der Waals surface area contributed by atoms with Gasteiger partial charge in [-0.1, -0.05) is 11.6 Å². The standard InChI is InChI=1S/C11H11ClO/c1-6-4-10-9(5-7(2)13-10)8(3)11(6)12/h4-5H,1-3H3. The Morgan fingerprint density at radius 1 is 1.15 bits per heavy atom. The smallest absolute Gasteiger partial charge is 0.134 e. The predicted molar refractivity (Wildman–Crippen MR) is 55.4 cm³/mol. The lowest BCUT2D eigenvalue weighted by atomic mass is 10.1. The second kappa shape index (κ2) is 2.78. The van der Waals surface area contributed by atoms with E-state index in [-0.39, 0.29) is 0 Å². The van der Waals surface area contributed by atoms with E-state index in [1.807, 2.05) is 32.9 Å². The number of aryl methyl sites for hydroxylation is 3.